The van der Waals surface area contributed by atoms with Crippen molar-refractivity contribution in [2.45, 2.75) is 69.9 Å². The first kappa shape index (κ1) is 17.3. The highest BCUT2D eigenvalue weighted by molar-refractivity contribution is 5.78. The molecule has 0 saturated heterocycles. The largest absolute Gasteiger partial charge is 0.497 e. The molecule has 3 aliphatic rings. The molecular formula is C20H29NO3. The summed E-state index contributed by atoms with van der Waals surface area (Å²) >= 11 is 0. The van der Waals surface area contributed by atoms with E-state index in [9.17, 15) is 4.79 Å². The van der Waals surface area contributed by atoms with Crippen LogP contribution in [0.3, 0.4) is 0 Å². The second-order valence-electron chi connectivity index (χ2n) is 8.55. The summed E-state index contributed by atoms with van der Waals surface area (Å²) in [4.78, 5) is 12.9. The minimum atomic E-state index is -0.452. The molecule has 1 atom stereocenters. The van der Waals surface area contributed by atoms with Gasteiger partial charge in [0, 0.05) is 11.5 Å². The monoisotopic (exact) mass is 331 g/mol. The van der Waals surface area contributed by atoms with Gasteiger partial charge in [-0.25, -0.2) is 0 Å². The molecule has 4 heteroatoms. The maximum absolute atomic E-state index is 12.9. The summed E-state index contributed by atoms with van der Waals surface area (Å²) in [7, 11) is 1.67. The van der Waals surface area contributed by atoms with Gasteiger partial charge >= 0.3 is 5.97 Å². The van der Waals surface area contributed by atoms with E-state index in [1.807, 2.05) is 32.9 Å². The molecule has 3 saturated carbocycles. The van der Waals surface area contributed by atoms with Crippen molar-refractivity contribution in [3.05, 3.63) is 29.8 Å². The van der Waals surface area contributed by atoms with Crippen molar-refractivity contribution in [3.63, 3.8) is 0 Å². The van der Waals surface area contributed by atoms with Crippen LogP contribution in [0.4, 0.5) is 0 Å². The predicted octanol–water partition coefficient (Wildman–Crippen LogP) is 3.78. The second-order valence-corrected chi connectivity index (χ2v) is 8.55. The molecule has 24 heavy (non-hydrogen) atoms. The number of hydrogen-bond acceptors (Lipinski definition) is 4. The maximum atomic E-state index is 12.9. The van der Waals surface area contributed by atoms with E-state index in [1.165, 1.54) is 5.56 Å². The van der Waals surface area contributed by atoms with Gasteiger partial charge in [0.05, 0.1) is 12.5 Å². The zero-order valence-electron chi connectivity index (χ0n) is 15.2. The molecule has 1 aromatic rings. The van der Waals surface area contributed by atoms with Crippen molar-refractivity contribution in [1.82, 2.24) is 0 Å². The first-order valence-electron chi connectivity index (χ1n) is 8.84. The van der Waals surface area contributed by atoms with E-state index in [2.05, 4.69) is 12.1 Å². The molecule has 0 aliphatic heterocycles. The Morgan fingerprint density at radius 3 is 2.46 bits per heavy atom. The minimum Gasteiger partial charge on any atom is -0.497 e. The van der Waals surface area contributed by atoms with Crippen molar-refractivity contribution < 1.29 is 14.3 Å². The van der Waals surface area contributed by atoms with Gasteiger partial charge in [0.15, 0.2) is 0 Å². The fraction of sp³-hybridized carbons (Fsp3) is 0.650. The number of esters is 1. The highest BCUT2D eigenvalue weighted by Crippen LogP contribution is 2.58. The van der Waals surface area contributed by atoms with Gasteiger partial charge in [-0.2, -0.15) is 0 Å². The molecule has 1 aromatic carbocycles. The van der Waals surface area contributed by atoms with Gasteiger partial charge in [0.25, 0.3) is 0 Å². The van der Waals surface area contributed by atoms with Crippen LogP contribution in [0.15, 0.2) is 24.3 Å². The van der Waals surface area contributed by atoms with Gasteiger partial charge in [-0.05, 0) is 70.6 Å². The molecule has 0 amide bonds. The number of carbonyl (C=O) groups excluding carboxylic acids is 1. The molecule has 2 bridgehead atoms. The third kappa shape index (κ3) is 3.04. The molecule has 4 rings (SSSR count). The third-order valence-electron chi connectivity index (χ3n) is 5.75. The molecule has 0 aromatic heterocycles. The zero-order chi connectivity index (χ0) is 17.6. The summed E-state index contributed by atoms with van der Waals surface area (Å²) in [5.74, 6) is 0.955. The Morgan fingerprint density at radius 2 is 1.88 bits per heavy atom. The second kappa shape index (κ2) is 5.76. The molecule has 2 N–H and O–H groups in total. The van der Waals surface area contributed by atoms with E-state index in [0.29, 0.717) is 0 Å². The molecule has 3 fully saturated rings. The Hall–Kier alpha value is -1.55. The molecule has 0 radical (unpaired) electrons. The molecule has 132 valence electrons. The lowest BCUT2D eigenvalue weighted by Gasteiger charge is -2.55. The maximum Gasteiger partial charge on any atom is 0.312 e. The molecule has 1 unspecified atom stereocenters. The number of nitrogens with two attached hydrogens (primary N) is 1. The van der Waals surface area contributed by atoms with Crippen LogP contribution >= 0.6 is 0 Å². The average molecular weight is 331 g/mol. The van der Waals surface area contributed by atoms with Crippen LogP contribution in [-0.4, -0.2) is 24.2 Å². The number of methoxy groups -OCH3 is 1. The minimum absolute atomic E-state index is 0.0513. The van der Waals surface area contributed by atoms with Crippen LogP contribution in [0.1, 0.15) is 64.4 Å². The van der Waals surface area contributed by atoms with E-state index in [-0.39, 0.29) is 22.8 Å². The number of hydrogen-bond donors (Lipinski definition) is 1. The van der Waals surface area contributed by atoms with E-state index in [0.717, 1.165) is 37.9 Å². The standard InChI is InChI=1S/C20H29NO3/c1-18(2,3)24-17(22)19-8-10-20(21,11-9-19)16(13-19)14-6-5-7-15(12-14)23-4/h5-7,12,16H,8-11,13,21H2,1-4H3. The zero-order valence-corrected chi connectivity index (χ0v) is 15.2. The third-order valence-corrected chi connectivity index (χ3v) is 5.75. The van der Waals surface area contributed by atoms with Crippen molar-refractivity contribution in [2.75, 3.05) is 7.11 Å². The number of benzene rings is 1. The molecule has 0 spiro atoms. The predicted molar refractivity (Wildman–Crippen MR) is 94.0 cm³/mol. The van der Waals surface area contributed by atoms with Crippen LogP contribution in [0.25, 0.3) is 0 Å². The first-order valence-corrected chi connectivity index (χ1v) is 8.84. The highest BCUT2D eigenvalue weighted by Gasteiger charge is 2.57. The summed E-state index contributed by atoms with van der Waals surface area (Å²) < 4.78 is 11.1. The summed E-state index contributed by atoms with van der Waals surface area (Å²) in [6.07, 6.45) is 4.17. The Labute approximate surface area is 144 Å². The van der Waals surface area contributed by atoms with Crippen LogP contribution in [0, 0.1) is 5.41 Å². The fourth-order valence-corrected chi connectivity index (χ4v) is 4.32. The number of rotatable bonds is 3. The smallest absolute Gasteiger partial charge is 0.312 e. The topological polar surface area (TPSA) is 61.5 Å². The Kier molecular flexibility index (Phi) is 4.15. The van der Waals surface area contributed by atoms with Crippen LogP contribution < -0.4 is 10.5 Å². The quantitative estimate of drug-likeness (QED) is 0.856. The van der Waals surface area contributed by atoms with Gasteiger partial charge in [-0.3, -0.25) is 4.79 Å². The van der Waals surface area contributed by atoms with E-state index >= 15 is 0 Å². The van der Waals surface area contributed by atoms with E-state index in [1.54, 1.807) is 7.11 Å². The number of fused-ring (bicyclic) bond motifs is 3. The normalized spacial score (nSPS) is 32.5. The van der Waals surface area contributed by atoms with Crippen LogP contribution in [0.2, 0.25) is 0 Å². The number of ether oxygens (including phenoxy) is 2. The average Bonchev–Trinajstić information content (AvgIpc) is 2.54. The molecule has 3 aliphatic carbocycles. The van der Waals surface area contributed by atoms with Gasteiger partial charge in [0.2, 0.25) is 0 Å². The number of carbonyl (C=O) groups is 1. The Bertz CT molecular complexity index is 624. The highest BCUT2D eigenvalue weighted by atomic mass is 16.6. The van der Waals surface area contributed by atoms with Crippen LogP contribution in [0.5, 0.6) is 5.75 Å². The van der Waals surface area contributed by atoms with E-state index < -0.39 is 5.60 Å². The summed E-state index contributed by atoms with van der Waals surface area (Å²) in [5.41, 5.74) is 6.86. The Morgan fingerprint density at radius 1 is 1.21 bits per heavy atom. The SMILES string of the molecule is COc1cccc(C2CC3(C(=O)OC(C)(C)C)CCC2(N)CC3)c1. The van der Waals surface area contributed by atoms with Gasteiger partial charge in [-0.1, -0.05) is 12.1 Å². The van der Waals surface area contributed by atoms with Gasteiger partial charge in [-0.15, -0.1) is 0 Å². The lowest BCUT2D eigenvalue weighted by atomic mass is 9.51. The lowest BCUT2D eigenvalue weighted by molar-refractivity contribution is -0.175. The molecule has 4 nitrogen and oxygen atoms in total. The van der Waals surface area contributed by atoms with Crippen molar-refractivity contribution in [1.29, 1.82) is 0 Å². The van der Waals surface area contributed by atoms with E-state index in [4.69, 9.17) is 15.2 Å². The Balaban J connectivity index is 1.90. The van der Waals surface area contributed by atoms with Gasteiger partial charge < -0.3 is 15.2 Å². The first-order chi connectivity index (χ1) is 11.2. The fourth-order valence-electron chi connectivity index (χ4n) is 4.32. The molecular weight excluding hydrogens is 302 g/mol. The van der Waals surface area contributed by atoms with Crippen molar-refractivity contribution in [2.24, 2.45) is 11.1 Å². The van der Waals surface area contributed by atoms with Crippen LogP contribution in [-0.2, 0) is 9.53 Å². The lowest BCUT2D eigenvalue weighted by Crippen LogP contribution is -2.59. The van der Waals surface area contributed by atoms with Crippen molar-refractivity contribution >= 4 is 5.97 Å². The molecule has 0 heterocycles. The summed E-state index contributed by atoms with van der Waals surface area (Å²) in [6.45, 7) is 5.79. The summed E-state index contributed by atoms with van der Waals surface area (Å²) in [6, 6.07) is 8.10. The summed E-state index contributed by atoms with van der Waals surface area (Å²) in [5, 5.41) is 0. The van der Waals surface area contributed by atoms with Crippen molar-refractivity contribution in [3.8, 4) is 5.75 Å². The van der Waals surface area contributed by atoms with Gasteiger partial charge in [0.1, 0.15) is 11.4 Å².